The minimum absolute atomic E-state index is 0.0714. The van der Waals surface area contributed by atoms with Crippen molar-refractivity contribution in [3.8, 4) is 0 Å². The van der Waals surface area contributed by atoms with Crippen LogP contribution < -0.4 is 10.6 Å². The number of anilines is 1. The Labute approximate surface area is 180 Å². The molecule has 0 aliphatic carbocycles. The maximum absolute atomic E-state index is 13.2. The molecule has 0 unspecified atom stereocenters. The first kappa shape index (κ1) is 22.2. The van der Waals surface area contributed by atoms with Crippen molar-refractivity contribution in [1.29, 1.82) is 0 Å². The molecule has 7 nitrogen and oxygen atoms in total. The molecule has 3 rings (SSSR count). The van der Waals surface area contributed by atoms with Gasteiger partial charge < -0.3 is 15.5 Å². The van der Waals surface area contributed by atoms with Gasteiger partial charge in [0.15, 0.2) is 0 Å². The maximum atomic E-state index is 13.2. The zero-order valence-corrected chi connectivity index (χ0v) is 17.1. The Morgan fingerprint density at radius 1 is 0.968 bits per heavy atom. The van der Waals surface area contributed by atoms with Gasteiger partial charge in [-0.2, -0.15) is 0 Å². The number of amides is 3. The van der Waals surface area contributed by atoms with Crippen LogP contribution in [0.25, 0.3) is 6.08 Å². The second kappa shape index (κ2) is 11.0. The second-order valence-corrected chi connectivity index (χ2v) is 7.18. The normalized spacial score (nSPS) is 14.4. The standard InChI is InChI=1S/C23H25FN4O3/c24-19-7-4-8-20(15-19)26-22(30)17-27-11-13-28(14-12-27)23(31)16-25-21(29)10-9-18-5-2-1-3-6-18/h1-10,15H,11-14,16-17H2,(H,25,29)(H,26,30)/b10-9+. The molecule has 2 N–H and O–H groups in total. The number of rotatable bonds is 7. The molecule has 1 heterocycles. The number of carbonyl (C=O) groups is 3. The molecule has 8 heteroatoms. The molecule has 3 amide bonds. The molecule has 0 bridgehead atoms. The molecule has 1 aliphatic heterocycles. The van der Waals surface area contributed by atoms with Gasteiger partial charge in [-0.25, -0.2) is 4.39 Å². The third-order valence-electron chi connectivity index (χ3n) is 4.84. The van der Waals surface area contributed by atoms with Crippen LogP contribution in [0.2, 0.25) is 0 Å². The summed E-state index contributed by atoms with van der Waals surface area (Å²) in [6.07, 6.45) is 3.09. The summed E-state index contributed by atoms with van der Waals surface area (Å²) < 4.78 is 13.2. The van der Waals surface area contributed by atoms with E-state index in [1.165, 1.54) is 24.3 Å². The number of piperazine rings is 1. The number of halogens is 1. The van der Waals surface area contributed by atoms with Crippen molar-refractivity contribution in [3.63, 3.8) is 0 Å². The summed E-state index contributed by atoms with van der Waals surface area (Å²) in [7, 11) is 0. The van der Waals surface area contributed by atoms with Gasteiger partial charge in [0.1, 0.15) is 5.82 Å². The molecular formula is C23H25FN4O3. The van der Waals surface area contributed by atoms with Crippen LogP contribution >= 0.6 is 0 Å². The number of benzene rings is 2. The van der Waals surface area contributed by atoms with E-state index in [-0.39, 0.29) is 30.8 Å². The fourth-order valence-corrected chi connectivity index (χ4v) is 3.19. The van der Waals surface area contributed by atoms with E-state index in [0.29, 0.717) is 31.9 Å². The first-order chi connectivity index (χ1) is 15.0. The Bertz CT molecular complexity index is 941. The SMILES string of the molecule is O=C(/C=C/c1ccccc1)NCC(=O)N1CCN(CC(=O)Nc2cccc(F)c2)CC1. The summed E-state index contributed by atoms with van der Waals surface area (Å²) in [5, 5.41) is 5.27. The highest BCUT2D eigenvalue weighted by Crippen LogP contribution is 2.09. The minimum Gasteiger partial charge on any atom is -0.343 e. The number of hydrogen-bond donors (Lipinski definition) is 2. The van der Waals surface area contributed by atoms with E-state index in [9.17, 15) is 18.8 Å². The van der Waals surface area contributed by atoms with Crippen LogP contribution in [0.3, 0.4) is 0 Å². The van der Waals surface area contributed by atoms with Gasteiger partial charge in [0.05, 0.1) is 13.1 Å². The number of hydrogen-bond acceptors (Lipinski definition) is 4. The third kappa shape index (κ3) is 7.35. The predicted molar refractivity (Wildman–Crippen MR) is 117 cm³/mol. The third-order valence-corrected chi connectivity index (χ3v) is 4.84. The molecule has 1 fully saturated rings. The van der Waals surface area contributed by atoms with Crippen molar-refractivity contribution in [2.24, 2.45) is 0 Å². The zero-order valence-electron chi connectivity index (χ0n) is 17.1. The Hall–Kier alpha value is -3.52. The fraction of sp³-hybridized carbons (Fsp3) is 0.261. The largest absolute Gasteiger partial charge is 0.343 e. The molecule has 31 heavy (non-hydrogen) atoms. The lowest BCUT2D eigenvalue weighted by Crippen LogP contribution is -2.52. The van der Waals surface area contributed by atoms with E-state index >= 15 is 0 Å². The van der Waals surface area contributed by atoms with E-state index in [4.69, 9.17) is 0 Å². The monoisotopic (exact) mass is 424 g/mol. The van der Waals surface area contributed by atoms with Crippen LogP contribution in [0.5, 0.6) is 0 Å². The van der Waals surface area contributed by atoms with Crippen LogP contribution in [0.1, 0.15) is 5.56 Å². The number of carbonyl (C=O) groups excluding carboxylic acids is 3. The van der Waals surface area contributed by atoms with Gasteiger partial charge in [-0.15, -0.1) is 0 Å². The van der Waals surface area contributed by atoms with Crippen LogP contribution in [0.15, 0.2) is 60.7 Å². The average Bonchev–Trinajstić information content (AvgIpc) is 2.77. The lowest BCUT2D eigenvalue weighted by atomic mass is 10.2. The second-order valence-electron chi connectivity index (χ2n) is 7.18. The minimum atomic E-state index is -0.410. The Balaban J connectivity index is 1.36. The Morgan fingerprint density at radius 2 is 1.71 bits per heavy atom. The van der Waals surface area contributed by atoms with Gasteiger partial charge in [-0.05, 0) is 29.8 Å². The van der Waals surface area contributed by atoms with Gasteiger partial charge in [0, 0.05) is 37.9 Å². The molecule has 162 valence electrons. The zero-order chi connectivity index (χ0) is 22.1. The van der Waals surface area contributed by atoms with Gasteiger partial charge in [0.25, 0.3) is 0 Å². The quantitative estimate of drug-likeness (QED) is 0.664. The van der Waals surface area contributed by atoms with Gasteiger partial charge >= 0.3 is 0 Å². The van der Waals surface area contributed by atoms with Gasteiger partial charge in [-0.1, -0.05) is 36.4 Å². The lowest BCUT2D eigenvalue weighted by Gasteiger charge is -2.34. The van der Waals surface area contributed by atoms with Crippen LogP contribution in [-0.2, 0) is 14.4 Å². The molecule has 0 aromatic heterocycles. The van der Waals surface area contributed by atoms with Crippen LogP contribution in [0.4, 0.5) is 10.1 Å². The van der Waals surface area contributed by atoms with Crippen LogP contribution in [-0.4, -0.2) is 66.8 Å². The molecular weight excluding hydrogens is 399 g/mol. The summed E-state index contributed by atoms with van der Waals surface area (Å²) in [5.41, 5.74) is 1.32. The van der Waals surface area contributed by atoms with Crippen molar-refractivity contribution < 1.29 is 18.8 Å². The lowest BCUT2D eigenvalue weighted by molar-refractivity contribution is -0.133. The van der Waals surface area contributed by atoms with Crippen LogP contribution in [0, 0.1) is 5.82 Å². The number of nitrogens with zero attached hydrogens (tertiary/aromatic N) is 2. The highest BCUT2D eigenvalue weighted by molar-refractivity contribution is 5.94. The van der Waals surface area contributed by atoms with Crippen molar-refractivity contribution >= 4 is 29.5 Å². The molecule has 0 saturated carbocycles. The van der Waals surface area contributed by atoms with E-state index in [1.54, 1.807) is 17.0 Å². The first-order valence-corrected chi connectivity index (χ1v) is 10.1. The van der Waals surface area contributed by atoms with Crippen molar-refractivity contribution in [2.45, 2.75) is 0 Å². The van der Waals surface area contributed by atoms with Crippen molar-refractivity contribution in [3.05, 3.63) is 72.1 Å². The molecule has 0 atom stereocenters. The molecule has 0 spiro atoms. The molecule has 2 aromatic carbocycles. The van der Waals surface area contributed by atoms with Gasteiger partial charge in [0.2, 0.25) is 17.7 Å². The summed E-state index contributed by atoms with van der Waals surface area (Å²) in [5.74, 6) is -1.13. The molecule has 0 radical (unpaired) electrons. The van der Waals surface area contributed by atoms with E-state index in [1.807, 2.05) is 35.2 Å². The highest BCUT2D eigenvalue weighted by Gasteiger charge is 2.22. The first-order valence-electron chi connectivity index (χ1n) is 10.1. The summed E-state index contributed by atoms with van der Waals surface area (Å²) in [4.78, 5) is 40.0. The number of nitrogens with one attached hydrogen (secondary N) is 2. The smallest absolute Gasteiger partial charge is 0.244 e. The summed E-state index contributed by atoms with van der Waals surface area (Å²) in [6, 6.07) is 15.2. The topological polar surface area (TPSA) is 81.8 Å². The van der Waals surface area contributed by atoms with Gasteiger partial charge in [-0.3, -0.25) is 19.3 Å². The highest BCUT2D eigenvalue weighted by atomic mass is 19.1. The summed E-state index contributed by atoms with van der Waals surface area (Å²) >= 11 is 0. The van der Waals surface area contributed by atoms with Crippen molar-refractivity contribution in [2.75, 3.05) is 44.6 Å². The fourth-order valence-electron chi connectivity index (χ4n) is 3.19. The molecule has 1 aliphatic rings. The Morgan fingerprint density at radius 3 is 2.42 bits per heavy atom. The predicted octanol–water partition coefficient (Wildman–Crippen LogP) is 1.74. The molecule has 2 aromatic rings. The average molecular weight is 424 g/mol. The molecule has 1 saturated heterocycles. The summed E-state index contributed by atoms with van der Waals surface area (Å²) in [6.45, 7) is 2.13. The maximum Gasteiger partial charge on any atom is 0.244 e. The Kier molecular flexibility index (Phi) is 7.89. The van der Waals surface area contributed by atoms with E-state index in [2.05, 4.69) is 10.6 Å². The van der Waals surface area contributed by atoms with Crippen molar-refractivity contribution in [1.82, 2.24) is 15.1 Å². The van der Waals surface area contributed by atoms with E-state index < -0.39 is 5.82 Å². The van der Waals surface area contributed by atoms with E-state index in [0.717, 1.165) is 5.56 Å².